The maximum Gasteiger partial charge on any atom is 0.258 e. The Morgan fingerprint density at radius 3 is 2.65 bits per heavy atom. The van der Waals surface area contributed by atoms with E-state index in [1.165, 1.54) is 0 Å². The number of H-pyrrole nitrogens is 1. The second-order valence-corrected chi connectivity index (χ2v) is 5.23. The molecule has 1 N–H and O–H groups in total. The number of amides is 1. The summed E-state index contributed by atoms with van der Waals surface area (Å²) in [6.07, 6.45) is 0.270. The number of aromatic nitrogens is 3. The first-order chi connectivity index (χ1) is 11.2. The van der Waals surface area contributed by atoms with E-state index in [4.69, 9.17) is 5.26 Å². The molecule has 0 aliphatic carbocycles. The number of aryl methyl sites for hydroxylation is 1. The Balaban J connectivity index is 1.96. The average molecular weight is 305 g/mol. The highest BCUT2D eigenvalue weighted by Crippen LogP contribution is 2.20. The van der Waals surface area contributed by atoms with Crippen molar-refractivity contribution in [3.8, 4) is 6.07 Å². The lowest BCUT2D eigenvalue weighted by atomic mass is 10.1. The number of rotatable bonds is 4. The van der Waals surface area contributed by atoms with Gasteiger partial charge in [-0.3, -0.25) is 4.79 Å². The Morgan fingerprint density at radius 2 is 1.91 bits per heavy atom. The van der Waals surface area contributed by atoms with E-state index in [1.807, 2.05) is 31.2 Å². The molecule has 0 saturated carbocycles. The van der Waals surface area contributed by atoms with Crippen LogP contribution in [0.2, 0.25) is 0 Å². The standard InChI is InChI=1S/C17H15N5O/c1-12-3-6-14(7-4-12)22(10-2-9-18)17(23)13-5-8-15-16(11-13)20-21-19-15/h3-8,11H,2,10H2,1H3,(H,19,20,21). The number of hydrogen-bond acceptors (Lipinski definition) is 4. The monoisotopic (exact) mass is 305 g/mol. The van der Waals surface area contributed by atoms with E-state index in [0.29, 0.717) is 23.1 Å². The summed E-state index contributed by atoms with van der Waals surface area (Å²) in [6.45, 7) is 2.33. The summed E-state index contributed by atoms with van der Waals surface area (Å²) in [5, 5.41) is 19.4. The van der Waals surface area contributed by atoms with Crippen LogP contribution in [-0.2, 0) is 0 Å². The van der Waals surface area contributed by atoms with Gasteiger partial charge in [0, 0.05) is 17.8 Å². The molecule has 0 fully saturated rings. The van der Waals surface area contributed by atoms with E-state index in [0.717, 1.165) is 11.3 Å². The lowest BCUT2D eigenvalue weighted by Crippen LogP contribution is -2.31. The van der Waals surface area contributed by atoms with Crippen LogP contribution < -0.4 is 4.90 Å². The van der Waals surface area contributed by atoms with Crippen LogP contribution in [0.3, 0.4) is 0 Å². The summed E-state index contributed by atoms with van der Waals surface area (Å²) in [4.78, 5) is 14.5. The van der Waals surface area contributed by atoms with Gasteiger partial charge in [-0.15, -0.1) is 0 Å². The van der Waals surface area contributed by atoms with E-state index in [-0.39, 0.29) is 12.3 Å². The van der Waals surface area contributed by atoms with Gasteiger partial charge in [0.05, 0.1) is 12.5 Å². The summed E-state index contributed by atoms with van der Waals surface area (Å²) in [6, 6.07) is 14.9. The number of benzene rings is 2. The van der Waals surface area contributed by atoms with Gasteiger partial charge >= 0.3 is 0 Å². The van der Waals surface area contributed by atoms with E-state index < -0.39 is 0 Å². The first kappa shape index (κ1) is 14.7. The van der Waals surface area contributed by atoms with Crippen LogP contribution in [0.4, 0.5) is 5.69 Å². The summed E-state index contributed by atoms with van der Waals surface area (Å²) in [7, 11) is 0. The summed E-state index contributed by atoms with van der Waals surface area (Å²) < 4.78 is 0. The van der Waals surface area contributed by atoms with Crippen LogP contribution in [0, 0.1) is 18.3 Å². The molecule has 0 radical (unpaired) electrons. The molecule has 6 nitrogen and oxygen atoms in total. The van der Waals surface area contributed by atoms with Gasteiger partial charge in [-0.05, 0) is 37.3 Å². The Bertz CT molecular complexity index is 876. The molecule has 1 aromatic heterocycles. The van der Waals surface area contributed by atoms with E-state index in [1.54, 1.807) is 23.1 Å². The third-order valence-electron chi connectivity index (χ3n) is 3.60. The number of nitrogens with zero attached hydrogens (tertiary/aromatic N) is 4. The molecule has 6 heteroatoms. The van der Waals surface area contributed by atoms with Crippen LogP contribution in [-0.4, -0.2) is 27.9 Å². The molecule has 0 aliphatic heterocycles. The highest BCUT2D eigenvalue weighted by molar-refractivity contribution is 6.07. The van der Waals surface area contributed by atoms with Crippen LogP contribution in [0.1, 0.15) is 22.3 Å². The number of fused-ring (bicyclic) bond motifs is 1. The SMILES string of the molecule is Cc1ccc(N(CCC#N)C(=O)c2ccc3n[nH]nc3c2)cc1. The van der Waals surface area contributed by atoms with Gasteiger partial charge in [0.25, 0.3) is 5.91 Å². The Kier molecular flexibility index (Phi) is 4.02. The van der Waals surface area contributed by atoms with Crippen molar-refractivity contribution in [1.82, 2.24) is 15.4 Å². The summed E-state index contributed by atoms with van der Waals surface area (Å²) >= 11 is 0. The fourth-order valence-corrected chi connectivity index (χ4v) is 2.36. The van der Waals surface area contributed by atoms with E-state index in [9.17, 15) is 4.79 Å². The van der Waals surface area contributed by atoms with Gasteiger partial charge in [0.15, 0.2) is 0 Å². The van der Waals surface area contributed by atoms with Gasteiger partial charge < -0.3 is 4.90 Å². The molecule has 23 heavy (non-hydrogen) atoms. The quantitative estimate of drug-likeness (QED) is 0.803. The second kappa shape index (κ2) is 6.28. The third kappa shape index (κ3) is 3.04. The average Bonchev–Trinajstić information content (AvgIpc) is 3.04. The number of carbonyl (C=O) groups excluding carboxylic acids is 1. The summed E-state index contributed by atoms with van der Waals surface area (Å²) in [5.41, 5.74) is 3.76. The molecule has 1 heterocycles. The number of anilines is 1. The topological polar surface area (TPSA) is 85.7 Å². The molecular weight excluding hydrogens is 290 g/mol. The molecule has 0 unspecified atom stereocenters. The van der Waals surface area contributed by atoms with E-state index in [2.05, 4.69) is 21.5 Å². The molecule has 0 atom stereocenters. The first-order valence-corrected chi connectivity index (χ1v) is 7.25. The predicted molar refractivity (Wildman–Crippen MR) is 87.0 cm³/mol. The molecule has 0 spiro atoms. The predicted octanol–water partition coefficient (Wildman–Crippen LogP) is 2.83. The van der Waals surface area contributed by atoms with Crippen molar-refractivity contribution in [2.75, 3.05) is 11.4 Å². The highest BCUT2D eigenvalue weighted by Gasteiger charge is 2.18. The summed E-state index contributed by atoms with van der Waals surface area (Å²) in [5.74, 6) is -0.158. The lowest BCUT2D eigenvalue weighted by Gasteiger charge is -2.22. The van der Waals surface area contributed by atoms with E-state index >= 15 is 0 Å². The van der Waals surface area contributed by atoms with Gasteiger partial charge in [0.1, 0.15) is 11.0 Å². The third-order valence-corrected chi connectivity index (χ3v) is 3.60. The molecule has 3 rings (SSSR count). The fourth-order valence-electron chi connectivity index (χ4n) is 2.36. The lowest BCUT2D eigenvalue weighted by molar-refractivity contribution is 0.0987. The zero-order chi connectivity index (χ0) is 16.2. The molecule has 1 amide bonds. The minimum atomic E-state index is -0.158. The van der Waals surface area contributed by atoms with Crippen LogP contribution in [0.25, 0.3) is 11.0 Å². The van der Waals surface area contributed by atoms with Crippen LogP contribution in [0.5, 0.6) is 0 Å². The largest absolute Gasteiger partial charge is 0.307 e. The molecule has 0 aliphatic rings. The van der Waals surface area contributed by atoms with Crippen molar-refractivity contribution in [2.45, 2.75) is 13.3 Å². The van der Waals surface area contributed by atoms with Gasteiger partial charge in [-0.2, -0.15) is 20.7 Å². The molecular formula is C17H15N5O. The molecule has 2 aromatic carbocycles. The fraction of sp³-hybridized carbons (Fsp3) is 0.176. The molecule has 0 bridgehead atoms. The van der Waals surface area contributed by atoms with Crippen molar-refractivity contribution in [2.24, 2.45) is 0 Å². The van der Waals surface area contributed by atoms with Crippen molar-refractivity contribution in [3.05, 3.63) is 53.6 Å². The number of nitriles is 1. The first-order valence-electron chi connectivity index (χ1n) is 7.25. The number of carbonyl (C=O) groups is 1. The Hall–Kier alpha value is -3.20. The molecule has 3 aromatic rings. The van der Waals surface area contributed by atoms with Crippen molar-refractivity contribution < 1.29 is 4.79 Å². The maximum atomic E-state index is 12.9. The van der Waals surface area contributed by atoms with Crippen molar-refractivity contribution in [1.29, 1.82) is 5.26 Å². The van der Waals surface area contributed by atoms with Gasteiger partial charge in [-0.1, -0.05) is 17.7 Å². The number of nitrogens with one attached hydrogen (secondary N) is 1. The van der Waals surface area contributed by atoms with Gasteiger partial charge in [0.2, 0.25) is 0 Å². The molecule has 0 saturated heterocycles. The normalized spacial score (nSPS) is 10.4. The minimum absolute atomic E-state index is 0.158. The smallest absolute Gasteiger partial charge is 0.258 e. The number of aromatic amines is 1. The highest BCUT2D eigenvalue weighted by atomic mass is 16.2. The zero-order valence-electron chi connectivity index (χ0n) is 12.7. The Labute approximate surface area is 133 Å². The minimum Gasteiger partial charge on any atom is -0.307 e. The number of hydrogen-bond donors (Lipinski definition) is 1. The van der Waals surface area contributed by atoms with Crippen LogP contribution in [0.15, 0.2) is 42.5 Å². The Morgan fingerprint density at radius 1 is 1.17 bits per heavy atom. The second-order valence-electron chi connectivity index (χ2n) is 5.23. The zero-order valence-corrected chi connectivity index (χ0v) is 12.7. The maximum absolute atomic E-state index is 12.9. The molecule has 114 valence electrons. The van der Waals surface area contributed by atoms with Crippen molar-refractivity contribution in [3.63, 3.8) is 0 Å². The van der Waals surface area contributed by atoms with Gasteiger partial charge in [-0.25, -0.2) is 0 Å². The van der Waals surface area contributed by atoms with Crippen LogP contribution >= 0.6 is 0 Å². The van der Waals surface area contributed by atoms with Crippen molar-refractivity contribution >= 4 is 22.6 Å².